The molecule has 3 amide bonds. The van der Waals surface area contributed by atoms with E-state index in [1.807, 2.05) is 11.5 Å². The fourth-order valence-corrected chi connectivity index (χ4v) is 4.12. The van der Waals surface area contributed by atoms with Gasteiger partial charge in [0, 0.05) is 19.5 Å². The molecule has 12 nitrogen and oxygen atoms in total. The molecule has 0 aliphatic carbocycles. The number of imide groups is 1. The van der Waals surface area contributed by atoms with Crippen LogP contribution in [0, 0.1) is 0 Å². The molecule has 0 spiro atoms. The fourth-order valence-electron chi connectivity index (χ4n) is 4.12. The SMILES string of the molecule is CCCCc1ncc(/C=C2/C(=O)N(CCCC)C(=O)N2Cc2nn[nH]n2)n1Cc1ccc(C(=O)O)cc1. The number of hydrogen-bond acceptors (Lipinski definition) is 7. The number of imidazole rings is 1. The van der Waals surface area contributed by atoms with Gasteiger partial charge in [-0.05, 0) is 36.6 Å². The molecule has 0 saturated carbocycles. The van der Waals surface area contributed by atoms with Crippen molar-refractivity contribution in [2.75, 3.05) is 6.54 Å². The van der Waals surface area contributed by atoms with E-state index < -0.39 is 12.0 Å². The standard InChI is InChI=1S/C25H30N8O4/c1-3-5-7-22-26-14-19(32(22)15-17-8-10-18(11-9-17)24(35)36)13-20-23(34)31(12-6-4-2)25(37)33(20)16-21-27-29-30-28-21/h8-11,13-14H,3-7,12,15-16H2,1-2H3,(H,35,36)(H,27,28,29,30)/b20-13-. The molecule has 2 N–H and O–H groups in total. The van der Waals surface area contributed by atoms with Crippen LogP contribution < -0.4 is 0 Å². The van der Waals surface area contributed by atoms with Gasteiger partial charge in [0.1, 0.15) is 11.5 Å². The molecular weight excluding hydrogens is 476 g/mol. The smallest absolute Gasteiger partial charge is 0.335 e. The second-order valence-electron chi connectivity index (χ2n) is 8.83. The fraction of sp³-hybridized carbons (Fsp3) is 0.400. The number of carboxylic acid groups (broad SMARTS) is 1. The van der Waals surface area contributed by atoms with Crippen molar-refractivity contribution < 1.29 is 19.5 Å². The zero-order valence-electron chi connectivity index (χ0n) is 20.9. The Morgan fingerprint density at radius 1 is 1.05 bits per heavy atom. The molecular formula is C25H30N8O4. The van der Waals surface area contributed by atoms with E-state index in [1.165, 1.54) is 9.80 Å². The molecule has 37 heavy (non-hydrogen) atoms. The zero-order chi connectivity index (χ0) is 26.4. The van der Waals surface area contributed by atoms with Crippen LogP contribution in [0.1, 0.15) is 72.8 Å². The van der Waals surface area contributed by atoms with Gasteiger partial charge < -0.3 is 9.67 Å². The maximum atomic E-state index is 13.4. The molecule has 1 saturated heterocycles. The number of unbranched alkanes of at least 4 members (excludes halogenated alkanes) is 2. The van der Waals surface area contributed by atoms with Crippen molar-refractivity contribution in [3.8, 4) is 0 Å². The molecule has 1 aromatic carbocycles. The number of carbonyl (C=O) groups excluding carboxylic acids is 2. The summed E-state index contributed by atoms with van der Waals surface area (Å²) < 4.78 is 2.00. The van der Waals surface area contributed by atoms with Crippen molar-refractivity contribution in [1.29, 1.82) is 0 Å². The van der Waals surface area contributed by atoms with Crippen LogP contribution in [0.25, 0.3) is 6.08 Å². The first-order valence-electron chi connectivity index (χ1n) is 12.4. The third-order valence-electron chi connectivity index (χ3n) is 6.19. The van der Waals surface area contributed by atoms with E-state index in [9.17, 15) is 19.5 Å². The highest BCUT2D eigenvalue weighted by Crippen LogP contribution is 2.26. The van der Waals surface area contributed by atoms with Gasteiger partial charge in [-0.3, -0.25) is 14.6 Å². The summed E-state index contributed by atoms with van der Waals surface area (Å²) >= 11 is 0. The Bertz CT molecular complexity index is 1280. The predicted molar refractivity (Wildman–Crippen MR) is 133 cm³/mol. The van der Waals surface area contributed by atoms with Crippen LogP contribution in [0.15, 0.2) is 36.2 Å². The maximum absolute atomic E-state index is 13.4. The molecule has 0 atom stereocenters. The monoisotopic (exact) mass is 506 g/mol. The van der Waals surface area contributed by atoms with Gasteiger partial charge in [-0.1, -0.05) is 44.0 Å². The van der Waals surface area contributed by atoms with Crippen LogP contribution in [-0.4, -0.2) is 69.5 Å². The number of aromatic nitrogens is 6. The Morgan fingerprint density at radius 2 is 1.81 bits per heavy atom. The predicted octanol–water partition coefficient (Wildman–Crippen LogP) is 3.09. The number of aryl methyl sites for hydroxylation is 1. The number of hydrogen-bond donors (Lipinski definition) is 2. The number of rotatable bonds is 12. The maximum Gasteiger partial charge on any atom is 0.335 e. The molecule has 194 valence electrons. The molecule has 0 radical (unpaired) electrons. The minimum atomic E-state index is -0.984. The second kappa shape index (κ2) is 11.6. The Balaban J connectivity index is 1.71. The van der Waals surface area contributed by atoms with Crippen molar-refractivity contribution in [3.63, 3.8) is 0 Å². The summed E-state index contributed by atoms with van der Waals surface area (Å²) in [6, 6.07) is 6.24. The van der Waals surface area contributed by atoms with Gasteiger partial charge in [0.05, 0.1) is 24.0 Å². The lowest BCUT2D eigenvalue weighted by Gasteiger charge is -2.15. The second-order valence-corrected chi connectivity index (χ2v) is 8.83. The van der Waals surface area contributed by atoms with Crippen LogP contribution in [0.3, 0.4) is 0 Å². The summed E-state index contributed by atoms with van der Waals surface area (Å²) in [6.07, 6.45) is 7.60. The van der Waals surface area contributed by atoms with E-state index in [1.54, 1.807) is 36.5 Å². The van der Waals surface area contributed by atoms with Crippen LogP contribution in [0.5, 0.6) is 0 Å². The van der Waals surface area contributed by atoms with Gasteiger partial charge in [0.15, 0.2) is 5.82 Å². The van der Waals surface area contributed by atoms with E-state index in [0.29, 0.717) is 31.0 Å². The van der Waals surface area contributed by atoms with Crippen LogP contribution >= 0.6 is 0 Å². The number of nitrogens with one attached hydrogen (secondary N) is 1. The highest BCUT2D eigenvalue weighted by Gasteiger charge is 2.41. The van der Waals surface area contributed by atoms with Crippen LogP contribution in [-0.2, 0) is 24.3 Å². The highest BCUT2D eigenvalue weighted by atomic mass is 16.4. The van der Waals surface area contributed by atoms with E-state index >= 15 is 0 Å². The Labute approximate surface area is 214 Å². The first-order chi connectivity index (χ1) is 17.9. The van der Waals surface area contributed by atoms with Crippen molar-refractivity contribution in [1.82, 2.24) is 40.0 Å². The largest absolute Gasteiger partial charge is 0.478 e. The lowest BCUT2D eigenvalue weighted by atomic mass is 10.1. The molecule has 3 heterocycles. The van der Waals surface area contributed by atoms with Gasteiger partial charge in [0.25, 0.3) is 5.91 Å². The normalized spacial score (nSPS) is 14.8. The van der Waals surface area contributed by atoms with Gasteiger partial charge >= 0.3 is 12.0 Å². The van der Waals surface area contributed by atoms with Crippen molar-refractivity contribution in [2.24, 2.45) is 0 Å². The van der Waals surface area contributed by atoms with Crippen LogP contribution in [0.2, 0.25) is 0 Å². The van der Waals surface area contributed by atoms with Crippen molar-refractivity contribution in [2.45, 2.75) is 59.0 Å². The van der Waals surface area contributed by atoms with E-state index in [0.717, 1.165) is 37.1 Å². The number of H-pyrrole nitrogens is 1. The van der Waals surface area contributed by atoms with E-state index in [2.05, 4.69) is 32.5 Å². The average Bonchev–Trinajstić information content (AvgIpc) is 3.59. The highest BCUT2D eigenvalue weighted by molar-refractivity contribution is 6.13. The number of benzene rings is 1. The number of carboxylic acids is 1. The third-order valence-corrected chi connectivity index (χ3v) is 6.19. The third kappa shape index (κ3) is 5.74. The molecule has 0 unspecified atom stereocenters. The first kappa shape index (κ1) is 25.7. The molecule has 1 fully saturated rings. The summed E-state index contributed by atoms with van der Waals surface area (Å²) in [5.74, 6) is -0.224. The molecule has 0 bridgehead atoms. The summed E-state index contributed by atoms with van der Waals surface area (Å²) in [5.41, 5.74) is 1.99. The average molecular weight is 507 g/mol. The van der Waals surface area contributed by atoms with Gasteiger partial charge in [-0.25, -0.2) is 14.6 Å². The van der Waals surface area contributed by atoms with E-state index in [-0.39, 0.29) is 23.7 Å². The summed E-state index contributed by atoms with van der Waals surface area (Å²) in [7, 11) is 0. The van der Waals surface area contributed by atoms with Gasteiger partial charge in [-0.15, -0.1) is 10.2 Å². The molecule has 2 aromatic heterocycles. The number of aromatic amines is 1. The first-order valence-corrected chi connectivity index (χ1v) is 12.4. The molecule has 1 aliphatic heterocycles. The van der Waals surface area contributed by atoms with Crippen molar-refractivity contribution in [3.05, 3.63) is 64.6 Å². The summed E-state index contributed by atoms with van der Waals surface area (Å²) in [6.45, 7) is 4.86. The Kier molecular flexibility index (Phi) is 8.06. The lowest BCUT2D eigenvalue weighted by Crippen LogP contribution is -2.33. The van der Waals surface area contributed by atoms with Gasteiger partial charge in [0.2, 0.25) is 0 Å². The number of aromatic carboxylic acids is 1. The summed E-state index contributed by atoms with van der Waals surface area (Å²) in [5, 5.41) is 23.0. The quantitative estimate of drug-likeness (QED) is 0.281. The molecule has 3 aromatic rings. The lowest BCUT2D eigenvalue weighted by molar-refractivity contribution is -0.123. The number of carbonyl (C=O) groups is 3. The van der Waals surface area contributed by atoms with Crippen LogP contribution in [0.4, 0.5) is 4.79 Å². The molecule has 4 rings (SSSR count). The minimum Gasteiger partial charge on any atom is -0.478 e. The Morgan fingerprint density at radius 3 is 2.46 bits per heavy atom. The minimum absolute atomic E-state index is 0.00299. The van der Waals surface area contributed by atoms with Gasteiger partial charge in [-0.2, -0.15) is 5.21 Å². The Hall–Kier alpha value is -4.35. The van der Waals surface area contributed by atoms with Crippen molar-refractivity contribution >= 4 is 24.0 Å². The van der Waals surface area contributed by atoms with E-state index in [4.69, 9.17) is 0 Å². The number of urea groups is 1. The number of nitrogens with zero attached hydrogens (tertiary/aromatic N) is 7. The number of tetrazole rings is 1. The summed E-state index contributed by atoms with van der Waals surface area (Å²) in [4.78, 5) is 45.0. The molecule has 12 heteroatoms. The zero-order valence-corrected chi connectivity index (χ0v) is 20.9. The number of amides is 3. The molecule has 1 aliphatic rings. The topological polar surface area (TPSA) is 150 Å².